The third kappa shape index (κ3) is 27.4. The molecule has 0 fully saturated rings. The summed E-state index contributed by atoms with van der Waals surface area (Å²) in [6.07, 6.45) is 34.1. The van der Waals surface area contributed by atoms with E-state index in [1.165, 1.54) is 88.8 Å². The number of hydrogen-bond acceptors (Lipinski definition) is 7. The lowest BCUT2D eigenvalue weighted by atomic mass is 10.0. The first kappa shape index (κ1) is 45.7. The normalized spacial score (nSPS) is 11.4. The molecule has 1 aromatic rings. The first-order valence-corrected chi connectivity index (χ1v) is 21.4. The Hall–Kier alpha value is -2.29. The van der Waals surface area contributed by atoms with E-state index >= 15 is 0 Å². The predicted octanol–water partition coefficient (Wildman–Crippen LogP) is 11.5. The molecule has 1 amide bonds. The van der Waals surface area contributed by atoms with Crippen LogP contribution in [0.3, 0.4) is 0 Å². The molecule has 0 saturated heterocycles. The first-order valence-electron chi connectivity index (χ1n) is 20.4. The number of aromatic nitrogens is 2. The highest BCUT2D eigenvalue weighted by Crippen LogP contribution is 2.18. The highest BCUT2D eigenvalue weighted by molar-refractivity contribution is 8.13. The Morgan fingerprint density at radius 3 is 2.00 bits per heavy atom. The molecule has 8 nitrogen and oxygen atoms in total. The number of rotatable bonds is 34. The molecular weight excluding hydrogens is 647 g/mol. The van der Waals surface area contributed by atoms with E-state index in [-0.39, 0.29) is 23.3 Å². The molecule has 0 aliphatic rings. The minimum atomic E-state index is -0.166. The maximum Gasteiger partial charge on any atom is 0.306 e. The monoisotopic (exact) mass is 720 g/mol. The van der Waals surface area contributed by atoms with Crippen molar-refractivity contribution in [2.45, 2.75) is 188 Å². The second-order valence-electron chi connectivity index (χ2n) is 13.7. The second kappa shape index (κ2) is 33.8. The smallest absolute Gasteiger partial charge is 0.306 e. The van der Waals surface area contributed by atoms with Crippen LogP contribution in [0.5, 0.6) is 0 Å². The van der Waals surface area contributed by atoms with E-state index < -0.39 is 0 Å². The van der Waals surface area contributed by atoms with E-state index in [0.717, 1.165) is 70.1 Å². The maximum atomic E-state index is 13.2. The van der Waals surface area contributed by atoms with Gasteiger partial charge in [-0.05, 0) is 64.2 Å². The van der Waals surface area contributed by atoms with Gasteiger partial charge >= 0.3 is 11.9 Å². The molecule has 0 aliphatic carbocycles. The third-order valence-corrected chi connectivity index (χ3v) is 10.0. The Morgan fingerprint density at radius 1 is 0.720 bits per heavy atom. The Balaban J connectivity index is 2.49. The summed E-state index contributed by atoms with van der Waals surface area (Å²) in [5.74, 6) is 0.426. The van der Waals surface area contributed by atoms with Crippen LogP contribution >= 0.6 is 11.8 Å². The van der Waals surface area contributed by atoms with Crippen LogP contribution in [-0.2, 0) is 25.6 Å². The number of unbranched alkanes of at least 4 members (excludes halogenated alkanes) is 14. The highest BCUT2D eigenvalue weighted by Gasteiger charge is 2.17. The van der Waals surface area contributed by atoms with Crippen LogP contribution in [0.1, 0.15) is 175 Å². The van der Waals surface area contributed by atoms with Gasteiger partial charge in [0.05, 0.1) is 6.33 Å². The topological polar surface area (TPSA) is 90.7 Å². The van der Waals surface area contributed by atoms with E-state index in [2.05, 4.69) is 31.8 Å². The van der Waals surface area contributed by atoms with Crippen LogP contribution in [-0.4, -0.2) is 63.2 Å². The number of thioether (sulfide) groups is 1. The van der Waals surface area contributed by atoms with Crippen LogP contribution in [0.4, 0.5) is 4.79 Å². The number of carbonyl (C=O) groups excluding carboxylic acids is 3. The molecule has 0 radical (unpaired) electrons. The SMILES string of the molecule is CCCCCC/C=C\COC(=O)CCCCCN(CCCC(=O)OC(CCCCCCC)CCCCCCC)C(=O)SCCCn1ccnc1. The number of allylic oxidation sites excluding steroid dienone is 1. The van der Waals surface area contributed by atoms with Crippen molar-refractivity contribution < 1.29 is 23.9 Å². The Labute approximate surface area is 310 Å². The average molecular weight is 720 g/mol. The zero-order chi connectivity index (χ0) is 36.3. The molecule has 0 saturated carbocycles. The van der Waals surface area contributed by atoms with Crippen molar-refractivity contribution in [3.05, 3.63) is 30.9 Å². The second-order valence-corrected chi connectivity index (χ2v) is 14.7. The molecule has 1 aromatic heterocycles. The summed E-state index contributed by atoms with van der Waals surface area (Å²) in [6, 6.07) is 0. The third-order valence-electron chi connectivity index (χ3n) is 9.01. The quantitative estimate of drug-likeness (QED) is 0.0398. The molecule has 50 heavy (non-hydrogen) atoms. The fraction of sp³-hybridized carbons (Fsp3) is 0.805. The van der Waals surface area contributed by atoms with Gasteiger partial charge < -0.3 is 18.9 Å². The summed E-state index contributed by atoms with van der Waals surface area (Å²) in [7, 11) is 0. The molecule has 0 atom stereocenters. The van der Waals surface area contributed by atoms with Gasteiger partial charge in [-0.1, -0.05) is 122 Å². The fourth-order valence-corrected chi connectivity index (χ4v) is 6.73. The maximum absolute atomic E-state index is 13.2. The van der Waals surface area contributed by atoms with Gasteiger partial charge in [-0.3, -0.25) is 14.4 Å². The van der Waals surface area contributed by atoms with Gasteiger partial charge in [-0.2, -0.15) is 0 Å². The largest absolute Gasteiger partial charge is 0.462 e. The minimum absolute atomic E-state index is 0.00722. The van der Waals surface area contributed by atoms with Crippen molar-refractivity contribution >= 4 is 28.9 Å². The van der Waals surface area contributed by atoms with Gasteiger partial charge in [0.1, 0.15) is 12.7 Å². The average Bonchev–Trinajstić information content (AvgIpc) is 3.63. The molecule has 0 aromatic carbocycles. The molecular formula is C41H73N3O5S. The van der Waals surface area contributed by atoms with E-state index in [1.54, 1.807) is 12.5 Å². The van der Waals surface area contributed by atoms with Crippen LogP contribution in [0.25, 0.3) is 0 Å². The van der Waals surface area contributed by atoms with Crippen molar-refractivity contribution in [2.75, 3.05) is 25.4 Å². The van der Waals surface area contributed by atoms with Gasteiger partial charge in [0.2, 0.25) is 0 Å². The van der Waals surface area contributed by atoms with E-state index in [0.29, 0.717) is 39.0 Å². The van der Waals surface area contributed by atoms with E-state index in [1.807, 2.05) is 21.7 Å². The number of esters is 2. The molecule has 0 aliphatic heterocycles. The van der Waals surface area contributed by atoms with Crippen molar-refractivity contribution in [3.63, 3.8) is 0 Å². The summed E-state index contributed by atoms with van der Waals surface area (Å²) in [5, 5.41) is 0.0573. The summed E-state index contributed by atoms with van der Waals surface area (Å²) >= 11 is 1.35. The van der Waals surface area contributed by atoms with Crippen LogP contribution in [0.2, 0.25) is 0 Å². The van der Waals surface area contributed by atoms with Gasteiger partial charge in [0.15, 0.2) is 0 Å². The minimum Gasteiger partial charge on any atom is -0.462 e. The van der Waals surface area contributed by atoms with Crippen molar-refractivity contribution in [3.8, 4) is 0 Å². The lowest BCUT2D eigenvalue weighted by molar-refractivity contribution is -0.150. The van der Waals surface area contributed by atoms with Crippen molar-refractivity contribution in [2.24, 2.45) is 0 Å². The molecule has 0 spiro atoms. The molecule has 0 unspecified atom stereocenters. The van der Waals surface area contributed by atoms with Crippen LogP contribution in [0.15, 0.2) is 30.9 Å². The van der Waals surface area contributed by atoms with Gasteiger partial charge in [-0.25, -0.2) is 4.98 Å². The zero-order valence-electron chi connectivity index (χ0n) is 32.3. The van der Waals surface area contributed by atoms with E-state index in [4.69, 9.17) is 9.47 Å². The van der Waals surface area contributed by atoms with Gasteiger partial charge in [0.25, 0.3) is 5.24 Å². The van der Waals surface area contributed by atoms with Gasteiger partial charge in [-0.15, -0.1) is 0 Å². The zero-order valence-corrected chi connectivity index (χ0v) is 33.1. The Kier molecular flexibility index (Phi) is 30.9. The molecule has 1 heterocycles. The number of carbonyl (C=O) groups is 3. The fourth-order valence-electron chi connectivity index (χ4n) is 5.92. The number of aryl methyl sites for hydroxylation is 1. The van der Waals surface area contributed by atoms with E-state index in [9.17, 15) is 14.4 Å². The molecule has 0 bridgehead atoms. The summed E-state index contributed by atoms with van der Waals surface area (Å²) in [6.45, 7) is 8.99. The number of ether oxygens (including phenoxy) is 2. The van der Waals surface area contributed by atoms with Crippen LogP contribution in [0, 0.1) is 0 Å². The summed E-state index contributed by atoms with van der Waals surface area (Å²) in [5.41, 5.74) is 0. The van der Waals surface area contributed by atoms with Gasteiger partial charge in [0, 0.05) is 50.6 Å². The van der Waals surface area contributed by atoms with Crippen molar-refractivity contribution in [1.29, 1.82) is 0 Å². The van der Waals surface area contributed by atoms with Crippen LogP contribution < -0.4 is 0 Å². The summed E-state index contributed by atoms with van der Waals surface area (Å²) < 4.78 is 13.4. The van der Waals surface area contributed by atoms with Crippen molar-refractivity contribution in [1.82, 2.24) is 14.5 Å². The molecule has 9 heteroatoms. The molecule has 1 rings (SSSR count). The molecule has 0 N–H and O–H groups in total. The molecule has 288 valence electrons. The number of amides is 1. The summed E-state index contributed by atoms with van der Waals surface area (Å²) in [4.78, 5) is 44.3. The predicted molar refractivity (Wildman–Crippen MR) is 209 cm³/mol. The number of imidazole rings is 1. The Bertz CT molecular complexity index is 957. The highest BCUT2D eigenvalue weighted by atomic mass is 32.2. The lowest BCUT2D eigenvalue weighted by Crippen LogP contribution is -2.31. The number of hydrogen-bond donors (Lipinski definition) is 0. The standard InChI is InChI=1S/C41H73N3O5S/c1-4-7-10-13-14-17-23-35-48-39(45)28-21-18-22-32-44(41(47)50-36-25-31-43-34-30-42-37-43)33-24-29-40(46)49-38(26-19-15-11-8-5-2)27-20-16-12-9-6-3/h17,23,30,34,37-38H,4-16,18-22,24-29,31-33,35-36H2,1-3H3/b23-17-. The number of nitrogens with zero attached hydrogens (tertiary/aromatic N) is 3. The lowest BCUT2D eigenvalue weighted by Gasteiger charge is -2.23. The Morgan fingerprint density at radius 2 is 1.34 bits per heavy atom. The first-order chi connectivity index (χ1) is 24.5.